The van der Waals surface area contributed by atoms with Crippen LogP contribution in [0.1, 0.15) is 18.4 Å². The summed E-state index contributed by atoms with van der Waals surface area (Å²) in [5.41, 5.74) is 1.24. The molecule has 0 atom stereocenters. The van der Waals surface area contributed by atoms with Crippen molar-refractivity contribution in [3.05, 3.63) is 35.9 Å². The van der Waals surface area contributed by atoms with Gasteiger partial charge >= 0.3 is 0 Å². The number of aromatic hydroxyl groups is 2. The van der Waals surface area contributed by atoms with Gasteiger partial charge in [-0.3, -0.25) is 0 Å². The molecule has 0 amide bonds. The molecule has 0 unspecified atom stereocenters. The van der Waals surface area contributed by atoms with Crippen molar-refractivity contribution in [3.63, 3.8) is 0 Å². The summed E-state index contributed by atoms with van der Waals surface area (Å²) in [5.74, 6) is -0.0651. The maximum atomic E-state index is 9.90. The average Bonchev–Trinajstić information content (AvgIpc) is 2.94. The number of halogens is 1. The lowest BCUT2D eigenvalue weighted by Crippen LogP contribution is -2.21. The van der Waals surface area contributed by atoms with Crippen LogP contribution in [0, 0.1) is 0 Å². The summed E-state index contributed by atoms with van der Waals surface area (Å²) < 4.78 is 0. The van der Waals surface area contributed by atoms with Gasteiger partial charge in [0.15, 0.2) is 11.5 Å². The molecule has 20 heavy (non-hydrogen) atoms. The first-order valence-corrected chi connectivity index (χ1v) is 6.90. The molecule has 0 aromatic heterocycles. The van der Waals surface area contributed by atoms with Crippen molar-refractivity contribution in [3.8, 4) is 11.5 Å². The molecule has 0 radical (unpaired) electrons. The third-order valence-corrected chi connectivity index (χ3v) is 4.00. The van der Waals surface area contributed by atoms with E-state index in [0.29, 0.717) is 0 Å². The van der Waals surface area contributed by atoms with E-state index in [-0.39, 0.29) is 23.9 Å². The number of nitrogens with zero attached hydrogens (tertiary/aromatic N) is 1. The van der Waals surface area contributed by atoms with Crippen LogP contribution in [-0.4, -0.2) is 34.7 Å². The molecular formula is C16H20ClNO2. The van der Waals surface area contributed by atoms with Gasteiger partial charge in [-0.2, -0.15) is 0 Å². The summed E-state index contributed by atoms with van der Waals surface area (Å²) in [7, 11) is 0. The van der Waals surface area contributed by atoms with E-state index in [1.807, 2.05) is 18.2 Å². The van der Waals surface area contributed by atoms with Crippen molar-refractivity contribution in [2.75, 3.05) is 19.6 Å². The minimum absolute atomic E-state index is 0. The SMILES string of the molecule is Cl.Oc1ccc2c(CCN3CCCC3)cccc2c1O. The Bertz CT molecular complexity index is 594. The van der Waals surface area contributed by atoms with Gasteiger partial charge in [0.1, 0.15) is 0 Å². The summed E-state index contributed by atoms with van der Waals surface area (Å²) in [6.07, 6.45) is 3.61. The van der Waals surface area contributed by atoms with Crippen molar-refractivity contribution >= 4 is 23.2 Å². The van der Waals surface area contributed by atoms with Gasteiger partial charge in [-0.1, -0.05) is 24.3 Å². The first-order valence-electron chi connectivity index (χ1n) is 6.90. The monoisotopic (exact) mass is 293 g/mol. The molecule has 0 spiro atoms. The van der Waals surface area contributed by atoms with Gasteiger partial charge in [0.05, 0.1) is 0 Å². The normalized spacial score (nSPS) is 15.4. The van der Waals surface area contributed by atoms with Gasteiger partial charge in [-0.25, -0.2) is 0 Å². The van der Waals surface area contributed by atoms with E-state index in [1.165, 1.54) is 31.5 Å². The van der Waals surface area contributed by atoms with E-state index in [1.54, 1.807) is 6.07 Å². The Hall–Kier alpha value is -1.45. The Kier molecular flexibility index (Phi) is 4.73. The molecule has 108 valence electrons. The van der Waals surface area contributed by atoms with Gasteiger partial charge < -0.3 is 15.1 Å². The van der Waals surface area contributed by atoms with E-state index < -0.39 is 0 Å². The smallest absolute Gasteiger partial charge is 0.165 e. The van der Waals surface area contributed by atoms with Crippen LogP contribution in [0.2, 0.25) is 0 Å². The zero-order valence-corrected chi connectivity index (χ0v) is 12.2. The highest BCUT2D eigenvalue weighted by atomic mass is 35.5. The van der Waals surface area contributed by atoms with E-state index in [9.17, 15) is 10.2 Å². The number of hydrogen-bond acceptors (Lipinski definition) is 3. The molecule has 1 saturated heterocycles. The second kappa shape index (κ2) is 6.33. The van der Waals surface area contributed by atoms with Crippen LogP contribution >= 0.6 is 12.4 Å². The average molecular weight is 294 g/mol. The zero-order chi connectivity index (χ0) is 13.2. The molecule has 1 aliphatic rings. The quantitative estimate of drug-likeness (QED) is 0.853. The number of hydrogen-bond donors (Lipinski definition) is 2. The third kappa shape index (κ3) is 2.84. The molecule has 4 heteroatoms. The first-order chi connectivity index (χ1) is 9.25. The van der Waals surface area contributed by atoms with E-state index in [4.69, 9.17) is 0 Å². The number of phenols is 2. The molecule has 3 nitrogen and oxygen atoms in total. The summed E-state index contributed by atoms with van der Waals surface area (Å²) in [5, 5.41) is 21.2. The van der Waals surface area contributed by atoms with E-state index in [2.05, 4.69) is 11.0 Å². The molecule has 3 rings (SSSR count). The minimum atomic E-state index is -0.0517. The number of fused-ring (bicyclic) bond motifs is 1. The number of phenolic OH excluding ortho intramolecular Hbond substituents is 2. The highest BCUT2D eigenvalue weighted by molar-refractivity contribution is 5.92. The maximum absolute atomic E-state index is 9.90. The predicted molar refractivity (Wildman–Crippen MR) is 83.9 cm³/mol. The lowest BCUT2D eigenvalue weighted by atomic mass is 10.0. The molecule has 1 heterocycles. The lowest BCUT2D eigenvalue weighted by Gasteiger charge is -2.15. The Balaban J connectivity index is 0.00000147. The standard InChI is InChI=1S/C16H19NO2.ClH/c18-15-7-6-13-12(4-3-5-14(13)16(15)19)8-11-17-9-1-2-10-17;/h3-7,18-19H,1-2,8-11H2;1H. The Morgan fingerprint density at radius 2 is 1.70 bits per heavy atom. The van der Waals surface area contributed by atoms with Gasteiger partial charge in [0.25, 0.3) is 0 Å². The van der Waals surface area contributed by atoms with Crippen molar-refractivity contribution in [2.45, 2.75) is 19.3 Å². The number of likely N-dealkylation sites (tertiary alicyclic amines) is 1. The van der Waals surface area contributed by atoms with E-state index >= 15 is 0 Å². The van der Waals surface area contributed by atoms with Crippen LogP contribution in [0.4, 0.5) is 0 Å². The van der Waals surface area contributed by atoms with Gasteiger partial charge in [0, 0.05) is 11.9 Å². The highest BCUT2D eigenvalue weighted by Crippen LogP contribution is 2.34. The summed E-state index contributed by atoms with van der Waals surface area (Å²) in [4.78, 5) is 2.49. The zero-order valence-electron chi connectivity index (χ0n) is 11.4. The molecule has 0 bridgehead atoms. The van der Waals surface area contributed by atoms with E-state index in [0.717, 1.165) is 23.7 Å². The van der Waals surface area contributed by atoms with Crippen LogP contribution in [-0.2, 0) is 6.42 Å². The Morgan fingerprint density at radius 3 is 2.45 bits per heavy atom. The fraction of sp³-hybridized carbons (Fsp3) is 0.375. The molecule has 2 aromatic rings. The summed E-state index contributed by atoms with van der Waals surface area (Å²) in [6.45, 7) is 3.48. The fourth-order valence-electron chi connectivity index (χ4n) is 2.90. The number of benzene rings is 2. The fourth-order valence-corrected chi connectivity index (χ4v) is 2.90. The third-order valence-electron chi connectivity index (χ3n) is 4.00. The van der Waals surface area contributed by atoms with Crippen molar-refractivity contribution in [2.24, 2.45) is 0 Å². The van der Waals surface area contributed by atoms with Gasteiger partial charge in [-0.15, -0.1) is 12.4 Å². The Morgan fingerprint density at radius 1 is 0.950 bits per heavy atom. The lowest BCUT2D eigenvalue weighted by molar-refractivity contribution is 0.344. The molecule has 1 aliphatic heterocycles. The second-order valence-electron chi connectivity index (χ2n) is 5.24. The largest absolute Gasteiger partial charge is 0.504 e. The van der Waals surface area contributed by atoms with Crippen molar-refractivity contribution in [1.82, 2.24) is 4.90 Å². The van der Waals surface area contributed by atoms with Crippen molar-refractivity contribution < 1.29 is 10.2 Å². The highest BCUT2D eigenvalue weighted by Gasteiger charge is 2.13. The van der Waals surface area contributed by atoms with Crippen LogP contribution in [0.3, 0.4) is 0 Å². The Labute approximate surface area is 125 Å². The van der Waals surface area contributed by atoms with Crippen LogP contribution in [0.15, 0.2) is 30.3 Å². The summed E-state index contributed by atoms with van der Waals surface area (Å²) in [6, 6.07) is 9.36. The molecule has 0 aliphatic carbocycles. The number of rotatable bonds is 3. The second-order valence-corrected chi connectivity index (χ2v) is 5.24. The van der Waals surface area contributed by atoms with Gasteiger partial charge in [0.2, 0.25) is 0 Å². The predicted octanol–water partition coefficient (Wildman–Crippen LogP) is 3.31. The molecule has 1 fully saturated rings. The topological polar surface area (TPSA) is 43.7 Å². The molecule has 2 N–H and O–H groups in total. The first kappa shape index (κ1) is 14.9. The maximum Gasteiger partial charge on any atom is 0.165 e. The van der Waals surface area contributed by atoms with Crippen molar-refractivity contribution in [1.29, 1.82) is 0 Å². The van der Waals surface area contributed by atoms with Crippen LogP contribution < -0.4 is 0 Å². The molecule has 0 saturated carbocycles. The summed E-state index contributed by atoms with van der Waals surface area (Å²) >= 11 is 0. The minimum Gasteiger partial charge on any atom is -0.504 e. The molecule has 2 aromatic carbocycles. The van der Waals surface area contributed by atoms with Gasteiger partial charge in [-0.05, 0) is 49.4 Å². The van der Waals surface area contributed by atoms with Crippen LogP contribution in [0.25, 0.3) is 10.8 Å². The van der Waals surface area contributed by atoms with Crippen LogP contribution in [0.5, 0.6) is 11.5 Å². The molecular weight excluding hydrogens is 274 g/mol.